The number of carbonyl (C=O) groups excluding carboxylic acids is 2. The Hall–Kier alpha value is -3.65. The van der Waals surface area contributed by atoms with Crippen molar-refractivity contribution >= 4 is 25.0 Å². The van der Waals surface area contributed by atoms with Gasteiger partial charge in [0.25, 0.3) is 5.91 Å². The van der Waals surface area contributed by atoms with Crippen LogP contribution in [0, 0.1) is 11.3 Å². The van der Waals surface area contributed by atoms with Gasteiger partial charge < -0.3 is 29.9 Å². The molecule has 188 valence electrons. The second kappa shape index (κ2) is 13.4. The first kappa shape index (κ1) is 27.0. The highest BCUT2D eigenvalue weighted by Crippen LogP contribution is 2.17. The Labute approximate surface area is 211 Å². The van der Waals surface area contributed by atoms with Crippen molar-refractivity contribution in [3.8, 4) is 11.8 Å². The lowest BCUT2D eigenvalue weighted by Gasteiger charge is -2.32. The summed E-state index contributed by atoms with van der Waals surface area (Å²) in [4.78, 5) is 28.9. The van der Waals surface area contributed by atoms with E-state index in [1.807, 2.05) is 43.4 Å². The maximum Gasteiger partial charge on any atom is 0.475 e. The van der Waals surface area contributed by atoms with E-state index in [4.69, 9.17) is 4.74 Å². The Kier molecular flexibility index (Phi) is 10.1. The molecule has 0 aliphatic carbocycles. The van der Waals surface area contributed by atoms with E-state index in [0.717, 1.165) is 18.7 Å². The van der Waals surface area contributed by atoms with Gasteiger partial charge >= 0.3 is 7.12 Å². The van der Waals surface area contributed by atoms with Crippen LogP contribution in [0.4, 0.5) is 0 Å². The average Bonchev–Trinajstić information content (AvgIpc) is 2.88. The number of nitrogens with zero attached hydrogens (tertiary/aromatic N) is 3. The van der Waals surface area contributed by atoms with Crippen molar-refractivity contribution in [1.82, 2.24) is 15.1 Å². The minimum absolute atomic E-state index is 0.0173. The van der Waals surface area contributed by atoms with Gasteiger partial charge in [0.1, 0.15) is 17.4 Å². The molecule has 10 heteroatoms. The fraction of sp³-hybridized carbons (Fsp3) is 0.346. The molecule has 36 heavy (non-hydrogen) atoms. The molecule has 2 aromatic rings. The third-order valence-corrected chi connectivity index (χ3v) is 5.91. The molecule has 2 aromatic carbocycles. The number of hydrogen-bond donors (Lipinski definition) is 3. The van der Waals surface area contributed by atoms with Gasteiger partial charge in [-0.05, 0) is 42.8 Å². The van der Waals surface area contributed by atoms with Crippen molar-refractivity contribution in [2.24, 2.45) is 0 Å². The highest BCUT2D eigenvalue weighted by Gasteiger charge is 2.25. The minimum Gasteiger partial charge on any atom is -0.493 e. The summed E-state index contributed by atoms with van der Waals surface area (Å²) in [6.45, 7) is 2.78. The summed E-state index contributed by atoms with van der Waals surface area (Å²) in [7, 11) is 0.304. The van der Waals surface area contributed by atoms with Crippen molar-refractivity contribution in [3.05, 3.63) is 71.3 Å². The monoisotopic (exact) mass is 490 g/mol. The lowest BCUT2D eigenvalue weighted by molar-refractivity contribution is -0.128. The molecule has 1 heterocycles. The van der Waals surface area contributed by atoms with Gasteiger partial charge in [-0.3, -0.25) is 9.59 Å². The van der Waals surface area contributed by atoms with Crippen LogP contribution in [0.5, 0.6) is 5.75 Å². The van der Waals surface area contributed by atoms with Gasteiger partial charge in [-0.15, -0.1) is 0 Å². The zero-order chi connectivity index (χ0) is 25.9. The van der Waals surface area contributed by atoms with Crippen LogP contribution in [0.3, 0.4) is 0 Å². The zero-order valence-electron chi connectivity index (χ0n) is 20.3. The summed E-state index contributed by atoms with van der Waals surface area (Å²) in [6, 6.07) is 18.2. The SMILES string of the molecule is CN1CCN(C(=O)C(C#N)=Cc2cccc(OCCC(=O)NC(Cc3ccccc3)B(O)O)c2)CC1. The summed E-state index contributed by atoms with van der Waals surface area (Å²) in [5, 5.41) is 31.4. The number of ether oxygens (including phenoxy) is 1. The Balaban J connectivity index is 1.53. The molecule has 9 nitrogen and oxygen atoms in total. The third-order valence-electron chi connectivity index (χ3n) is 5.91. The van der Waals surface area contributed by atoms with Crippen molar-refractivity contribution in [3.63, 3.8) is 0 Å². The minimum atomic E-state index is -1.69. The van der Waals surface area contributed by atoms with E-state index in [2.05, 4.69) is 10.2 Å². The highest BCUT2D eigenvalue weighted by atomic mass is 16.5. The van der Waals surface area contributed by atoms with E-state index in [9.17, 15) is 24.9 Å². The van der Waals surface area contributed by atoms with E-state index in [1.165, 1.54) is 6.08 Å². The molecule has 2 amide bonds. The van der Waals surface area contributed by atoms with Gasteiger partial charge in [0.05, 0.1) is 19.0 Å². The van der Waals surface area contributed by atoms with Gasteiger partial charge in [0, 0.05) is 26.2 Å². The van der Waals surface area contributed by atoms with E-state index in [0.29, 0.717) is 24.4 Å². The Bertz CT molecular complexity index is 1100. The summed E-state index contributed by atoms with van der Waals surface area (Å²) in [6.07, 6.45) is 1.84. The van der Waals surface area contributed by atoms with Crippen LogP contribution in [0.2, 0.25) is 0 Å². The van der Waals surface area contributed by atoms with Crippen LogP contribution in [0.1, 0.15) is 17.5 Å². The third kappa shape index (κ3) is 8.24. The largest absolute Gasteiger partial charge is 0.493 e. The normalized spacial score (nSPS) is 15.1. The van der Waals surface area contributed by atoms with Gasteiger partial charge in [0.2, 0.25) is 5.91 Å². The molecule has 0 spiro atoms. The molecule has 1 atom stereocenters. The molecular formula is C26H31BN4O5. The van der Waals surface area contributed by atoms with E-state index in [-0.39, 0.29) is 36.8 Å². The zero-order valence-corrected chi connectivity index (χ0v) is 20.3. The maximum atomic E-state index is 12.7. The number of nitriles is 1. The van der Waals surface area contributed by atoms with Gasteiger partial charge in [-0.25, -0.2) is 0 Å². The standard InChI is InChI=1S/C26H31BN4O5/c1-30-11-13-31(14-12-30)26(33)22(19-28)16-21-8-5-9-23(17-21)36-15-10-25(32)29-24(27(34)35)18-20-6-3-2-4-7-20/h2-9,16-17,24,34-35H,10-15,18H2,1H3,(H,29,32). The molecule has 3 N–H and O–H groups in total. The lowest BCUT2D eigenvalue weighted by Crippen LogP contribution is -2.48. The summed E-state index contributed by atoms with van der Waals surface area (Å²) < 4.78 is 5.68. The van der Waals surface area contributed by atoms with Crippen molar-refractivity contribution < 1.29 is 24.4 Å². The number of amides is 2. The first-order valence-corrected chi connectivity index (χ1v) is 11.9. The molecule has 0 bridgehead atoms. The number of piperazine rings is 1. The predicted octanol–water partition coefficient (Wildman–Crippen LogP) is 0.876. The number of benzene rings is 2. The maximum absolute atomic E-state index is 12.7. The summed E-state index contributed by atoms with van der Waals surface area (Å²) in [5.74, 6) is -1.01. The fourth-order valence-electron chi connectivity index (χ4n) is 3.82. The molecule has 0 aromatic heterocycles. The quantitative estimate of drug-likeness (QED) is 0.256. The van der Waals surface area contributed by atoms with Crippen molar-refractivity contribution in [2.75, 3.05) is 39.8 Å². The Morgan fingerprint density at radius 2 is 1.86 bits per heavy atom. The number of carbonyl (C=O) groups is 2. The second-order valence-electron chi connectivity index (χ2n) is 8.71. The van der Waals surface area contributed by atoms with Crippen molar-refractivity contribution in [1.29, 1.82) is 5.26 Å². The van der Waals surface area contributed by atoms with E-state index in [1.54, 1.807) is 29.2 Å². The second-order valence-corrected chi connectivity index (χ2v) is 8.71. The van der Waals surface area contributed by atoms with Gasteiger partial charge in [-0.2, -0.15) is 5.26 Å². The van der Waals surface area contributed by atoms with Crippen LogP contribution in [0.25, 0.3) is 6.08 Å². The van der Waals surface area contributed by atoms with Gasteiger partial charge in [0.15, 0.2) is 0 Å². The number of likely N-dealkylation sites (N-methyl/N-ethyl adjacent to an activating group) is 1. The van der Waals surface area contributed by atoms with E-state index >= 15 is 0 Å². The van der Waals surface area contributed by atoms with Crippen LogP contribution >= 0.6 is 0 Å². The van der Waals surface area contributed by atoms with Gasteiger partial charge in [-0.1, -0.05) is 42.5 Å². The number of hydrogen-bond acceptors (Lipinski definition) is 7. The topological polar surface area (TPSA) is 126 Å². The van der Waals surface area contributed by atoms with Crippen molar-refractivity contribution in [2.45, 2.75) is 18.8 Å². The molecule has 1 unspecified atom stereocenters. The molecule has 1 saturated heterocycles. The van der Waals surface area contributed by atoms with Crippen LogP contribution in [0.15, 0.2) is 60.2 Å². The van der Waals surface area contributed by atoms with Crippen LogP contribution < -0.4 is 10.1 Å². The average molecular weight is 490 g/mol. The molecule has 1 fully saturated rings. The molecule has 1 aliphatic rings. The number of rotatable bonds is 10. The van der Waals surface area contributed by atoms with E-state index < -0.39 is 13.1 Å². The lowest BCUT2D eigenvalue weighted by atomic mass is 9.76. The molecule has 1 aliphatic heterocycles. The predicted molar refractivity (Wildman–Crippen MR) is 136 cm³/mol. The Morgan fingerprint density at radius 3 is 2.53 bits per heavy atom. The molecule has 0 saturated carbocycles. The first-order chi connectivity index (χ1) is 17.4. The summed E-state index contributed by atoms with van der Waals surface area (Å²) in [5.41, 5.74) is 1.57. The highest BCUT2D eigenvalue weighted by molar-refractivity contribution is 6.43. The van der Waals surface area contributed by atoms with Crippen LogP contribution in [-0.2, 0) is 16.0 Å². The smallest absolute Gasteiger partial charge is 0.475 e. The number of nitrogens with one attached hydrogen (secondary N) is 1. The Morgan fingerprint density at radius 1 is 1.14 bits per heavy atom. The first-order valence-electron chi connectivity index (χ1n) is 11.9. The molecule has 0 radical (unpaired) electrons. The fourth-order valence-corrected chi connectivity index (χ4v) is 3.82. The molecular weight excluding hydrogens is 459 g/mol. The summed E-state index contributed by atoms with van der Waals surface area (Å²) >= 11 is 0. The molecule has 3 rings (SSSR count). The van der Waals surface area contributed by atoms with Crippen LogP contribution in [-0.4, -0.2) is 84.6 Å².